The number of hydrogen-bond acceptors (Lipinski definition) is 4. The maximum atomic E-state index is 14.6. The number of nitrogens with zero attached hydrogens (tertiary/aromatic N) is 1. The van der Waals surface area contributed by atoms with Gasteiger partial charge in [0, 0.05) is 37.0 Å². The van der Waals surface area contributed by atoms with Gasteiger partial charge in [0.25, 0.3) is 24.3 Å². The molecule has 1 aliphatic heterocycles. The van der Waals surface area contributed by atoms with Crippen LogP contribution in [0.5, 0.6) is 0 Å². The smallest absolute Gasteiger partial charge is 0.266 e. The van der Waals surface area contributed by atoms with E-state index < -0.39 is 47.3 Å². The quantitative estimate of drug-likeness (QED) is 0.486. The molecule has 3 fully saturated rings. The number of benzene rings is 1. The molecule has 3 aliphatic rings. The zero-order valence-electron chi connectivity index (χ0n) is 18.8. The minimum Gasteiger partial charge on any atom is -0.381 e. The summed E-state index contributed by atoms with van der Waals surface area (Å²) >= 11 is 0. The summed E-state index contributed by atoms with van der Waals surface area (Å²) in [6.07, 6.45) is -4.45. The van der Waals surface area contributed by atoms with Gasteiger partial charge in [-0.1, -0.05) is 18.2 Å². The zero-order chi connectivity index (χ0) is 25.1. The second-order valence-corrected chi connectivity index (χ2v) is 9.62. The highest BCUT2D eigenvalue weighted by Crippen LogP contribution is 2.48. The molecule has 6 nitrogen and oxygen atoms in total. The molecule has 1 amide bonds. The van der Waals surface area contributed by atoms with Gasteiger partial charge >= 0.3 is 0 Å². The predicted molar refractivity (Wildman–Crippen MR) is 118 cm³/mol. The summed E-state index contributed by atoms with van der Waals surface area (Å²) in [5.74, 6) is -1.17. The summed E-state index contributed by atoms with van der Waals surface area (Å²) in [5.41, 5.74) is -3.02. The Morgan fingerprint density at radius 1 is 1.14 bits per heavy atom. The van der Waals surface area contributed by atoms with E-state index in [4.69, 9.17) is 0 Å². The monoisotopic (exact) mass is 496 g/mol. The number of rotatable bonds is 8. The molecule has 35 heavy (non-hydrogen) atoms. The fourth-order valence-electron chi connectivity index (χ4n) is 5.11. The number of anilines is 1. The highest BCUT2D eigenvalue weighted by Gasteiger charge is 2.55. The molecule has 5 rings (SSSR count). The van der Waals surface area contributed by atoms with Crippen LogP contribution in [0.25, 0.3) is 0 Å². The van der Waals surface area contributed by atoms with Crippen molar-refractivity contribution in [3.63, 3.8) is 0 Å². The molecule has 1 aromatic heterocycles. The van der Waals surface area contributed by atoms with Crippen molar-refractivity contribution < 1.29 is 26.7 Å². The van der Waals surface area contributed by atoms with Gasteiger partial charge < -0.3 is 20.5 Å². The molecule has 2 saturated carbocycles. The molecule has 2 heterocycles. The molecule has 3 N–H and O–H groups in total. The van der Waals surface area contributed by atoms with Crippen molar-refractivity contribution in [3.8, 4) is 0 Å². The predicted octanol–water partition coefficient (Wildman–Crippen LogP) is 3.80. The maximum Gasteiger partial charge on any atom is 0.266 e. The molecule has 2 aliphatic carbocycles. The number of aromatic nitrogens is 1. The van der Waals surface area contributed by atoms with E-state index >= 15 is 0 Å². The Labute approximate surface area is 197 Å². The molecule has 0 unspecified atom stereocenters. The normalized spacial score (nSPS) is 24.9. The average Bonchev–Trinajstić information content (AvgIpc) is 3.68. The molecule has 2 aromatic rings. The van der Waals surface area contributed by atoms with Gasteiger partial charge in [0.1, 0.15) is 11.4 Å². The van der Waals surface area contributed by atoms with E-state index in [9.17, 15) is 31.5 Å². The van der Waals surface area contributed by atoms with Crippen LogP contribution < -0.4 is 21.5 Å². The summed E-state index contributed by atoms with van der Waals surface area (Å²) < 4.78 is 69.2. The van der Waals surface area contributed by atoms with E-state index in [1.54, 1.807) is 0 Å². The first-order valence-corrected chi connectivity index (χ1v) is 11.5. The minimum atomic E-state index is -3.02. The van der Waals surface area contributed by atoms with E-state index in [-0.39, 0.29) is 35.7 Å². The van der Waals surface area contributed by atoms with Gasteiger partial charge in [-0.3, -0.25) is 9.59 Å². The number of nitrogens with one attached hydrogen (secondary N) is 3. The fraction of sp³-hybridized carbons (Fsp3) is 0.500. The van der Waals surface area contributed by atoms with E-state index in [0.29, 0.717) is 11.8 Å². The summed E-state index contributed by atoms with van der Waals surface area (Å²) in [4.78, 5) is 26.0. The molecule has 0 bridgehead atoms. The van der Waals surface area contributed by atoms with Crippen LogP contribution >= 0.6 is 0 Å². The van der Waals surface area contributed by atoms with Gasteiger partial charge in [-0.05, 0) is 31.6 Å². The van der Waals surface area contributed by atoms with Gasteiger partial charge in [-0.2, -0.15) is 0 Å². The lowest BCUT2D eigenvalue weighted by Crippen LogP contribution is -2.37. The van der Waals surface area contributed by atoms with Crippen LogP contribution in [-0.2, 0) is 5.54 Å². The van der Waals surface area contributed by atoms with Gasteiger partial charge in [0.2, 0.25) is 0 Å². The van der Waals surface area contributed by atoms with Crippen LogP contribution in [0.3, 0.4) is 0 Å². The number of alkyl halides is 4. The molecule has 188 valence electrons. The molecule has 1 saturated heterocycles. The van der Waals surface area contributed by atoms with E-state index in [2.05, 4.69) is 16.0 Å². The molecular formula is C24H25F5N4O2. The first-order valence-electron chi connectivity index (χ1n) is 11.5. The Balaban J connectivity index is 1.46. The number of amides is 1. The Hall–Kier alpha value is -2.95. The Morgan fingerprint density at radius 3 is 2.40 bits per heavy atom. The van der Waals surface area contributed by atoms with E-state index in [0.717, 1.165) is 36.0 Å². The third-order valence-electron chi connectivity index (χ3n) is 7.47. The molecule has 1 aromatic carbocycles. The third-order valence-corrected chi connectivity index (χ3v) is 7.47. The number of carbonyl (C=O) groups is 1. The number of pyridine rings is 1. The summed E-state index contributed by atoms with van der Waals surface area (Å²) in [6.45, 7) is 3.03. The van der Waals surface area contributed by atoms with Gasteiger partial charge in [-0.15, -0.1) is 0 Å². The maximum absolute atomic E-state index is 14.6. The Morgan fingerprint density at radius 2 is 1.80 bits per heavy atom. The van der Waals surface area contributed by atoms with Crippen LogP contribution in [0, 0.1) is 17.7 Å². The fourth-order valence-corrected chi connectivity index (χ4v) is 5.11. The second kappa shape index (κ2) is 8.61. The third kappa shape index (κ3) is 4.09. The average molecular weight is 496 g/mol. The second-order valence-electron chi connectivity index (χ2n) is 9.62. The molecule has 4 atom stereocenters. The Bertz CT molecular complexity index is 1200. The Kier molecular flexibility index (Phi) is 5.85. The number of fused-ring (bicyclic) bond motifs is 1. The summed E-state index contributed by atoms with van der Waals surface area (Å²) in [5, 5.41) is 9.02. The van der Waals surface area contributed by atoms with Crippen LogP contribution in [-0.4, -0.2) is 36.0 Å². The number of halogens is 5. The highest BCUT2D eigenvalue weighted by molar-refractivity contribution is 5.99. The summed E-state index contributed by atoms with van der Waals surface area (Å²) in [6, 6.07) is 3.73. The largest absolute Gasteiger partial charge is 0.381 e. The van der Waals surface area contributed by atoms with Gasteiger partial charge in [-0.25, -0.2) is 22.0 Å². The lowest BCUT2D eigenvalue weighted by atomic mass is 10.0. The number of hydrogen-bond donors (Lipinski definition) is 3. The molecule has 0 radical (unpaired) electrons. The van der Waals surface area contributed by atoms with Crippen LogP contribution in [0.15, 0.2) is 35.3 Å². The van der Waals surface area contributed by atoms with Crippen molar-refractivity contribution in [2.24, 2.45) is 11.8 Å². The lowest BCUT2D eigenvalue weighted by molar-refractivity contribution is 0.0648. The van der Waals surface area contributed by atoms with Crippen LogP contribution in [0.4, 0.5) is 27.6 Å². The SMILES string of the molecule is C[C@@H](NC(=O)c1cn(C2(C(F)F)CC2)c(=O)cc1N[C@H]1[C@@H]2CNC[C@@H]21)c1cccc(C(F)F)c1F. The molecular weight excluding hydrogens is 471 g/mol. The first-order chi connectivity index (χ1) is 16.6. The van der Waals surface area contributed by atoms with Crippen LogP contribution in [0.1, 0.15) is 53.7 Å². The van der Waals surface area contributed by atoms with Crippen molar-refractivity contribution in [2.45, 2.75) is 50.2 Å². The van der Waals surface area contributed by atoms with Crippen molar-refractivity contribution in [2.75, 3.05) is 18.4 Å². The highest BCUT2D eigenvalue weighted by atomic mass is 19.3. The zero-order valence-corrected chi connectivity index (χ0v) is 18.8. The first kappa shape index (κ1) is 23.8. The number of piperidine rings is 1. The van der Waals surface area contributed by atoms with Crippen molar-refractivity contribution >= 4 is 11.6 Å². The lowest BCUT2D eigenvalue weighted by Gasteiger charge is -2.22. The molecule has 11 heteroatoms. The van der Waals surface area contributed by atoms with Crippen LogP contribution in [0.2, 0.25) is 0 Å². The minimum absolute atomic E-state index is 0.0354. The van der Waals surface area contributed by atoms with Crippen molar-refractivity contribution in [1.82, 2.24) is 15.2 Å². The standard InChI is InChI=1S/C24H25F5N4O2/c1-11(12-3-2-4-13(19(12)25)21(26)27)31-22(35)16-10-33(24(5-6-24)23(28)29)18(34)7-17(16)32-20-14-8-30-9-15(14)20/h2-4,7,10-11,14-15,20-21,23,30,32H,5-6,8-9H2,1H3,(H,31,35)/t11-,14-,15+,20+/m1/s1. The van der Waals surface area contributed by atoms with E-state index in [1.807, 2.05) is 0 Å². The van der Waals surface area contributed by atoms with Crippen molar-refractivity contribution in [3.05, 3.63) is 63.3 Å². The van der Waals surface area contributed by atoms with Crippen molar-refractivity contribution in [1.29, 1.82) is 0 Å². The number of carbonyl (C=O) groups excluding carboxylic acids is 1. The van der Waals surface area contributed by atoms with E-state index in [1.165, 1.54) is 19.1 Å². The topological polar surface area (TPSA) is 75.2 Å². The summed E-state index contributed by atoms with van der Waals surface area (Å²) in [7, 11) is 0. The van der Waals surface area contributed by atoms with Gasteiger partial charge in [0.15, 0.2) is 0 Å². The molecule has 0 spiro atoms. The van der Waals surface area contributed by atoms with Gasteiger partial charge in [0.05, 0.1) is 22.9 Å².